The average Bonchev–Trinajstić information content (AvgIpc) is 3.25. The Kier molecular flexibility index (Phi) is 6.17. The number of hydrogen-bond acceptors (Lipinski definition) is 7. The predicted molar refractivity (Wildman–Crippen MR) is 112 cm³/mol. The molecule has 0 spiro atoms. The molecular weight excluding hydrogens is 424 g/mol. The van der Waals surface area contributed by atoms with Crippen LogP contribution in [0.15, 0.2) is 12.2 Å². The molecule has 0 aliphatic heterocycles. The van der Waals surface area contributed by atoms with Gasteiger partial charge in [0.2, 0.25) is 0 Å². The molecule has 0 aromatic heterocycles. The van der Waals surface area contributed by atoms with Gasteiger partial charge in [0.25, 0.3) is 10.1 Å². The minimum Gasteiger partial charge on any atom is -0.456 e. The van der Waals surface area contributed by atoms with E-state index in [0.29, 0.717) is 19.3 Å². The van der Waals surface area contributed by atoms with E-state index in [2.05, 4.69) is 6.58 Å². The molecule has 3 rings (SSSR count). The Hall–Kier alpha value is -1.74. The molecule has 0 radical (unpaired) electrons. The van der Waals surface area contributed by atoms with Crippen LogP contribution in [-0.4, -0.2) is 48.2 Å². The number of fused-ring (bicyclic) bond motifs is 2. The molecule has 3 aliphatic carbocycles. The van der Waals surface area contributed by atoms with E-state index in [-0.39, 0.29) is 11.4 Å². The number of ether oxygens (including phenoxy) is 2. The zero-order chi connectivity index (χ0) is 23.2. The third-order valence-electron chi connectivity index (χ3n) is 8.06. The lowest BCUT2D eigenvalue weighted by molar-refractivity contribution is -0.161. The van der Waals surface area contributed by atoms with Crippen LogP contribution < -0.4 is 0 Å². The summed E-state index contributed by atoms with van der Waals surface area (Å²) in [5.41, 5.74) is -2.58. The van der Waals surface area contributed by atoms with E-state index in [0.717, 1.165) is 25.7 Å². The second-order valence-corrected chi connectivity index (χ2v) is 11.3. The fourth-order valence-corrected chi connectivity index (χ4v) is 7.16. The molecule has 4 unspecified atom stereocenters. The van der Waals surface area contributed by atoms with Crippen molar-refractivity contribution in [2.75, 3.05) is 5.75 Å². The lowest BCUT2D eigenvalue weighted by Gasteiger charge is -2.34. The van der Waals surface area contributed by atoms with Crippen molar-refractivity contribution in [1.82, 2.24) is 0 Å². The Balaban J connectivity index is 1.65. The van der Waals surface area contributed by atoms with E-state index >= 15 is 0 Å². The van der Waals surface area contributed by atoms with Gasteiger partial charge in [-0.3, -0.25) is 14.1 Å². The van der Waals surface area contributed by atoms with Crippen LogP contribution in [0.3, 0.4) is 0 Å². The van der Waals surface area contributed by atoms with Crippen LogP contribution in [0.25, 0.3) is 0 Å². The fraction of sp³-hybridized carbons (Fsp3) is 0.773. The minimum atomic E-state index is -4.32. The third kappa shape index (κ3) is 4.18. The quantitative estimate of drug-likeness (QED) is 0.336. The summed E-state index contributed by atoms with van der Waals surface area (Å²) in [7, 11) is -4.32. The highest BCUT2D eigenvalue weighted by atomic mass is 32.2. The normalized spacial score (nSPS) is 34.0. The summed E-state index contributed by atoms with van der Waals surface area (Å²) >= 11 is 0. The van der Waals surface area contributed by atoms with Gasteiger partial charge >= 0.3 is 11.9 Å². The Morgan fingerprint density at radius 3 is 2.35 bits per heavy atom. The standard InChI is InChI=1S/C22H32O8S/c1-5-22(9-6-7-10-22)30-19(25)14(2)12-16(23)29-17-15-8-11-20(3,18(17)24)21(15,4)13-31(26,27)28/h15,17H,2,5-13H2,1,3-4H3,(H,26,27,28). The number of carbonyl (C=O) groups is 3. The molecule has 31 heavy (non-hydrogen) atoms. The average molecular weight is 457 g/mol. The number of rotatable bonds is 8. The van der Waals surface area contributed by atoms with Crippen LogP contribution in [0.1, 0.15) is 72.1 Å². The van der Waals surface area contributed by atoms with Crippen molar-refractivity contribution < 1.29 is 36.8 Å². The van der Waals surface area contributed by atoms with E-state index in [1.807, 2.05) is 6.92 Å². The number of hydrogen-bond donors (Lipinski definition) is 1. The predicted octanol–water partition coefficient (Wildman–Crippen LogP) is 3.00. The van der Waals surface area contributed by atoms with Gasteiger partial charge in [0.05, 0.1) is 12.2 Å². The summed E-state index contributed by atoms with van der Waals surface area (Å²) in [5.74, 6) is -2.84. The van der Waals surface area contributed by atoms with Crippen molar-refractivity contribution in [1.29, 1.82) is 0 Å². The summed E-state index contributed by atoms with van der Waals surface area (Å²) in [6, 6.07) is 0. The van der Waals surface area contributed by atoms with Gasteiger partial charge in [-0.1, -0.05) is 27.4 Å². The molecule has 9 heteroatoms. The van der Waals surface area contributed by atoms with E-state index in [1.165, 1.54) is 0 Å². The molecule has 3 saturated carbocycles. The molecule has 4 atom stereocenters. The molecule has 0 heterocycles. The molecule has 0 saturated heterocycles. The van der Waals surface area contributed by atoms with Crippen molar-refractivity contribution in [3.05, 3.63) is 12.2 Å². The molecular formula is C22H32O8S. The molecule has 0 aromatic carbocycles. The minimum absolute atomic E-state index is 0.0350. The van der Waals surface area contributed by atoms with Crippen LogP contribution in [0.2, 0.25) is 0 Å². The van der Waals surface area contributed by atoms with Crippen molar-refractivity contribution >= 4 is 27.8 Å². The van der Waals surface area contributed by atoms with Gasteiger partial charge in [-0.15, -0.1) is 0 Å². The van der Waals surface area contributed by atoms with E-state index in [1.54, 1.807) is 13.8 Å². The monoisotopic (exact) mass is 456 g/mol. The van der Waals surface area contributed by atoms with Gasteiger partial charge in [-0.25, -0.2) is 4.79 Å². The topological polar surface area (TPSA) is 124 Å². The molecule has 3 fully saturated rings. The Labute approximate surface area is 183 Å². The highest BCUT2D eigenvalue weighted by molar-refractivity contribution is 7.85. The van der Waals surface area contributed by atoms with Crippen molar-refractivity contribution in [3.63, 3.8) is 0 Å². The van der Waals surface area contributed by atoms with Gasteiger partial charge in [0.1, 0.15) is 5.60 Å². The van der Waals surface area contributed by atoms with Crippen molar-refractivity contribution in [2.45, 2.75) is 83.8 Å². The maximum atomic E-state index is 13.0. The van der Waals surface area contributed by atoms with E-state index in [9.17, 15) is 27.4 Å². The second-order valence-electron chi connectivity index (χ2n) is 9.81. The highest BCUT2D eigenvalue weighted by Crippen LogP contribution is 2.64. The number of ketones is 1. The van der Waals surface area contributed by atoms with Crippen LogP contribution in [0, 0.1) is 16.7 Å². The summed E-state index contributed by atoms with van der Waals surface area (Å²) in [5, 5.41) is 0. The lowest BCUT2D eigenvalue weighted by Crippen LogP contribution is -2.40. The van der Waals surface area contributed by atoms with E-state index < -0.39 is 62.7 Å². The van der Waals surface area contributed by atoms with Gasteiger partial charge in [-0.2, -0.15) is 8.42 Å². The first-order valence-electron chi connectivity index (χ1n) is 10.9. The van der Waals surface area contributed by atoms with Crippen LogP contribution in [0.5, 0.6) is 0 Å². The molecule has 174 valence electrons. The zero-order valence-electron chi connectivity index (χ0n) is 18.4. The Bertz CT molecular complexity index is 900. The summed E-state index contributed by atoms with van der Waals surface area (Å²) < 4.78 is 43.6. The Morgan fingerprint density at radius 2 is 1.81 bits per heavy atom. The molecule has 1 N–H and O–H groups in total. The van der Waals surface area contributed by atoms with Gasteiger partial charge < -0.3 is 9.47 Å². The largest absolute Gasteiger partial charge is 0.456 e. The molecule has 2 bridgehead atoms. The number of carbonyl (C=O) groups excluding carboxylic acids is 3. The molecule has 0 amide bonds. The van der Waals surface area contributed by atoms with Crippen molar-refractivity contribution in [2.24, 2.45) is 16.7 Å². The first-order valence-corrected chi connectivity index (χ1v) is 12.5. The molecule has 0 aromatic rings. The fourth-order valence-electron chi connectivity index (χ4n) is 5.87. The SMILES string of the molecule is C=C(CC(=O)OC1C(=O)C2(C)CCC1C2(C)CS(=O)(=O)O)C(=O)OC1(CC)CCCC1. The smallest absolute Gasteiger partial charge is 0.334 e. The van der Waals surface area contributed by atoms with Crippen molar-refractivity contribution in [3.8, 4) is 0 Å². The number of esters is 2. The first-order chi connectivity index (χ1) is 14.3. The summed E-state index contributed by atoms with van der Waals surface area (Å²) in [6.45, 7) is 8.93. The summed E-state index contributed by atoms with van der Waals surface area (Å²) in [4.78, 5) is 37.9. The van der Waals surface area contributed by atoms with Crippen LogP contribution in [0.4, 0.5) is 0 Å². The first kappa shape index (κ1) is 23.9. The zero-order valence-corrected chi connectivity index (χ0v) is 19.3. The second kappa shape index (κ2) is 7.99. The summed E-state index contributed by atoms with van der Waals surface area (Å²) in [6.07, 6.45) is 3.72. The van der Waals surface area contributed by atoms with Gasteiger partial charge in [-0.05, 0) is 44.9 Å². The Morgan fingerprint density at radius 1 is 1.19 bits per heavy atom. The molecule has 3 aliphatic rings. The highest BCUT2D eigenvalue weighted by Gasteiger charge is 2.70. The van der Waals surface area contributed by atoms with Gasteiger partial charge in [0, 0.05) is 22.3 Å². The number of Topliss-reactive ketones (excluding diaryl/α,β-unsaturated/α-hetero) is 1. The molecule has 8 nitrogen and oxygen atoms in total. The maximum absolute atomic E-state index is 13.0. The van der Waals surface area contributed by atoms with Crippen LogP contribution in [-0.2, 0) is 34.0 Å². The van der Waals surface area contributed by atoms with Gasteiger partial charge in [0.15, 0.2) is 11.9 Å². The third-order valence-corrected chi connectivity index (χ3v) is 9.02. The lowest BCUT2D eigenvalue weighted by atomic mass is 9.70. The maximum Gasteiger partial charge on any atom is 0.334 e. The van der Waals surface area contributed by atoms with Crippen LogP contribution >= 0.6 is 0 Å². The van der Waals surface area contributed by atoms with E-state index in [4.69, 9.17) is 9.47 Å².